The van der Waals surface area contributed by atoms with Gasteiger partial charge in [-0.2, -0.15) is 0 Å². The van der Waals surface area contributed by atoms with Crippen LogP contribution in [0.2, 0.25) is 0 Å². The van der Waals surface area contributed by atoms with Crippen molar-refractivity contribution >= 4 is 18.3 Å². The topological polar surface area (TPSA) is 44.4 Å². The zero-order chi connectivity index (χ0) is 13.8. The maximum atomic E-state index is 12.2. The van der Waals surface area contributed by atoms with Crippen LogP contribution in [0.25, 0.3) is 0 Å². The van der Waals surface area contributed by atoms with Gasteiger partial charge in [-0.3, -0.25) is 9.69 Å². The van der Waals surface area contributed by atoms with Crippen molar-refractivity contribution in [1.29, 1.82) is 0 Å². The van der Waals surface area contributed by atoms with E-state index in [-0.39, 0.29) is 18.3 Å². The summed E-state index contributed by atoms with van der Waals surface area (Å²) in [6.45, 7) is 5.15. The zero-order valence-corrected chi connectivity index (χ0v) is 13.8. The Bertz CT molecular complexity index is 331. The van der Waals surface area contributed by atoms with Gasteiger partial charge in [-0.05, 0) is 50.7 Å². The first-order chi connectivity index (χ1) is 9.81. The molecule has 2 heterocycles. The predicted molar refractivity (Wildman–Crippen MR) is 87.8 cm³/mol. The van der Waals surface area contributed by atoms with E-state index in [2.05, 4.69) is 15.5 Å². The summed E-state index contributed by atoms with van der Waals surface area (Å²) in [6, 6.07) is 0.440. The lowest BCUT2D eigenvalue weighted by Crippen LogP contribution is -2.47. The van der Waals surface area contributed by atoms with E-state index in [9.17, 15) is 4.79 Å². The van der Waals surface area contributed by atoms with E-state index in [1.807, 2.05) is 0 Å². The number of nitrogens with one attached hydrogen (secondary N) is 2. The Kier molecular flexibility index (Phi) is 6.77. The molecule has 2 N–H and O–H groups in total. The quantitative estimate of drug-likeness (QED) is 0.781. The molecule has 0 aromatic heterocycles. The van der Waals surface area contributed by atoms with Gasteiger partial charge in [0.05, 0.1) is 6.54 Å². The fourth-order valence-corrected chi connectivity index (χ4v) is 4.15. The second kappa shape index (κ2) is 8.35. The van der Waals surface area contributed by atoms with Crippen LogP contribution >= 0.6 is 12.4 Å². The van der Waals surface area contributed by atoms with E-state index < -0.39 is 0 Å². The van der Waals surface area contributed by atoms with Gasteiger partial charge in [-0.1, -0.05) is 25.7 Å². The third-order valence-electron chi connectivity index (χ3n) is 5.38. The fraction of sp³-hybridized carbons (Fsp3) is 0.938. The van der Waals surface area contributed by atoms with Crippen LogP contribution in [0, 0.1) is 11.8 Å². The van der Waals surface area contributed by atoms with Gasteiger partial charge in [0.1, 0.15) is 0 Å². The lowest BCUT2D eigenvalue weighted by Gasteiger charge is -2.34. The first kappa shape index (κ1) is 17.0. The van der Waals surface area contributed by atoms with Crippen LogP contribution in [0.15, 0.2) is 0 Å². The summed E-state index contributed by atoms with van der Waals surface area (Å²) in [4.78, 5) is 14.6. The Morgan fingerprint density at radius 3 is 2.52 bits per heavy atom. The number of carbonyl (C=O) groups is 1. The van der Waals surface area contributed by atoms with Crippen LogP contribution in [0.1, 0.15) is 44.9 Å². The minimum atomic E-state index is 0. The molecule has 2 atom stereocenters. The first-order valence-corrected chi connectivity index (χ1v) is 8.53. The van der Waals surface area contributed by atoms with Gasteiger partial charge >= 0.3 is 0 Å². The Morgan fingerprint density at radius 2 is 1.76 bits per heavy atom. The van der Waals surface area contributed by atoms with Crippen LogP contribution in [0.4, 0.5) is 0 Å². The molecule has 3 aliphatic rings. The molecule has 0 aromatic carbocycles. The van der Waals surface area contributed by atoms with Crippen molar-refractivity contribution in [2.45, 2.75) is 51.0 Å². The summed E-state index contributed by atoms with van der Waals surface area (Å²) in [5, 5.41) is 6.75. The summed E-state index contributed by atoms with van der Waals surface area (Å²) >= 11 is 0. The number of piperidine rings is 1. The molecule has 0 aromatic rings. The second-order valence-electron chi connectivity index (χ2n) is 6.96. The van der Waals surface area contributed by atoms with Crippen LogP contribution in [0.5, 0.6) is 0 Å². The Hall–Kier alpha value is -0.320. The van der Waals surface area contributed by atoms with Gasteiger partial charge in [0.25, 0.3) is 0 Å². The maximum absolute atomic E-state index is 12.2. The summed E-state index contributed by atoms with van der Waals surface area (Å²) in [6.07, 6.45) is 8.87. The third-order valence-corrected chi connectivity index (χ3v) is 5.38. The molecule has 1 saturated carbocycles. The molecule has 0 radical (unpaired) electrons. The van der Waals surface area contributed by atoms with Crippen molar-refractivity contribution in [3.63, 3.8) is 0 Å². The van der Waals surface area contributed by atoms with Crippen molar-refractivity contribution in [2.75, 3.05) is 32.7 Å². The Morgan fingerprint density at radius 1 is 1.05 bits per heavy atom. The molecule has 0 spiro atoms. The highest BCUT2D eigenvalue weighted by Crippen LogP contribution is 2.26. The first-order valence-electron chi connectivity index (χ1n) is 8.53. The summed E-state index contributed by atoms with van der Waals surface area (Å²) in [5.74, 6) is 1.88. The second-order valence-corrected chi connectivity index (χ2v) is 6.96. The highest BCUT2D eigenvalue weighted by Gasteiger charge is 2.33. The number of rotatable bonds is 3. The van der Waals surface area contributed by atoms with Crippen LogP contribution in [-0.2, 0) is 4.79 Å². The average molecular weight is 316 g/mol. The van der Waals surface area contributed by atoms with Crippen molar-refractivity contribution in [3.05, 3.63) is 0 Å². The highest BCUT2D eigenvalue weighted by molar-refractivity contribution is 5.85. The lowest BCUT2D eigenvalue weighted by atomic mass is 9.89. The number of fused-ring (bicyclic) bond motifs is 1. The number of nitrogens with zero attached hydrogens (tertiary/aromatic N) is 1. The van der Waals surface area contributed by atoms with E-state index in [1.54, 1.807) is 0 Å². The van der Waals surface area contributed by atoms with E-state index >= 15 is 0 Å². The molecule has 5 heteroatoms. The number of likely N-dealkylation sites (tertiary alicyclic amines) is 1. The van der Waals surface area contributed by atoms with E-state index in [1.165, 1.54) is 51.5 Å². The molecule has 2 saturated heterocycles. The van der Waals surface area contributed by atoms with Crippen LogP contribution in [-0.4, -0.2) is 49.6 Å². The largest absolute Gasteiger partial charge is 0.352 e. The van der Waals surface area contributed by atoms with E-state index in [0.717, 1.165) is 31.5 Å². The molecule has 122 valence electrons. The maximum Gasteiger partial charge on any atom is 0.234 e. The number of hydrogen-bond donors (Lipinski definition) is 2. The summed E-state index contributed by atoms with van der Waals surface area (Å²) < 4.78 is 0. The molecule has 21 heavy (non-hydrogen) atoms. The van der Waals surface area contributed by atoms with E-state index in [4.69, 9.17) is 0 Å². The fourth-order valence-electron chi connectivity index (χ4n) is 4.15. The smallest absolute Gasteiger partial charge is 0.234 e. The van der Waals surface area contributed by atoms with E-state index in [0.29, 0.717) is 12.6 Å². The monoisotopic (exact) mass is 315 g/mol. The van der Waals surface area contributed by atoms with Gasteiger partial charge in [-0.15, -0.1) is 12.4 Å². The Balaban J connectivity index is 0.00000161. The molecule has 1 aliphatic carbocycles. The van der Waals surface area contributed by atoms with Gasteiger partial charge in [0.2, 0.25) is 5.91 Å². The number of halogens is 1. The van der Waals surface area contributed by atoms with Crippen molar-refractivity contribution in [3.8, 4) is 0 Å². The molecular weight excluding hydrogens is 286 g/mol. The van der Waals surface area contributed by atoms with Crippen LogP contribution in [0.3, 0.4) is 0 Å². The Labute approximate surface area is 134 Å². The highest BCUT2D eigenvalue weighted by atomic mass is 35.5. The molecule has 0 bridgehead atoms. The molecular formula is C16H30ClN3O. The summed E-state index contributed by atoms with van der Waals surface area (Å²) in [7, 11) is 0. The molecule has 3 fully saturated rings. The van der Waals surface area contributed by atoms with Crippen LogP contribution < -0.4 is 10.6 Å². The van der Waals surface area contributed by atoms with Crippen molar-refractivity contribution in [2.24, 2.45) is 11.8 Å². The van der Waals surface area contributed by atoms with Gasteiger partial charge < -0.3 is 10.6 Å². The molecule has 2 unspecified atom stereocenters. The van der Waals surface area contributed by atoms with Gasteiger partial charge in [0, 0.05) is 12.6 Å². The number of carbonyl (C=O) groups excluding carboxylic acids is 1. The average Bonchev–Trinajstić information content (AvgIpc) is 2.75. The minimum absolute atomic E-state index is 0. The number of hydrogen-bond acceptors (Lipinski definition) is 3. The predicted octanol–water partition coefficient (Wildman–Crippen LogP) is 1.79. The third kappa shape index (κ3) is 4.83. The lowest BCUT2D eigenvalue weighted by molar-refractivity contribution is -0.123. The molecule has 1 amide bonds. The SMILES string of the molecule is Cl.O=C(CN1CCC2CNCC2C1)NC1CCCCCC1. The van der Waals surface area contributed by atoms with Gasteiger partial charge in [-0.25, -0.2) is 0 Å². The van der Waals surface area contributed by atoms with Crippen molar-refractivity contribution < 1.29 is 4.79 Å². The molecule has 3 rings (SSSR count). The zero-order valence-electron chi connectivity index (χ0n) is 13.0. The summed E-state index contributed by atoms with van der Waals surface area (Å²) in [5.41, 5.74) is 0. The number of amides is 1. The molecule has 4 nitrogen and oxygen atoms in total. The van der Waals surface area contributed by atoms with Gasteiger partial charge in [0.15, 0.2) is 0 Å². The molecule has 2 aliphatic heterocycles. The normalized spacial score (nSPS) is 31.0. The minimum Gasteiger partial charge on any atom is -0.352 e. The standard InChI is InChI=1S/C16H29N3O.ClH/c20-16(18-15-5-3-1-2-4-6-15)12-19-8-7-13-9-17-10-14(13)11-19;/h13-15,17H,1-12H2,(H,18,20);1H. The van der Waals surface area contributed by atoms with Crippen molar-refractivity contribution in [1.82, 2.24) is 15.5 Å².